The van der Waals surface area contributed by atoms with Crippen molar-refractivity contribution >= 4 is 12.1 Å². The van der Waals surface area contributed by atoms with Crippen LogP contribution in [0.25, 0.3) is 0 Å². The second kappa shape index (κ2) is 7.01. The standard InChI is InChI=1S/C10H18O2/c1-3-6-10(12)9(4-2)7-5-8-11/h8-9H,3-7H2,1-2H3. The monoisotopic (exact) mass is 170 g/mol. The van der Waals surface area contributed by atoms with Gasteiger partial charge >= 0.3 is 0 Å². The molecule has 0 saturated carbocycles. The van der Waals surface area contributed by atoms with Crippen molar-refractivity contribution in [3.05, 3.63) is 0 Å². The molecule has 0 fully saturated rings. The molecule has 0 aliphatic carbocycles. The van der Waals surface area contributed by atoms with E-state index in [4.69, 9.17) is 0 Å². The van der Waals surface area contributed by atoms with E-state index in [0.717, 1.165) is 25.5 Å². The molecule has 0 saturated heterocycles. The summed E-state index contributed by atoms with van der Waals surface area (Å²) in [6.07, 6.45) is 4.59. The Kier molecular flexibility index (Phi) is 6.63. The van der Waals surface area contributed by atoms with Crippen molar-refractivity contribution in [1.82, 2.24) is 0 Å². The number of carbonyl (C=O) groups excluding carboxylic acids is 2. The van der Waals surface area contributed by atoms with E-state index in [1.807, 2.05) is 13.8 Å². The molecule has 1 unspecified atom stereocenters. The van der Waals surface area contributed by atoms with Gasteiger partial charge in [0.15, 0.2) is 0 Å². The number of aldehydes is 1. The van der Waals surface area contributed by atoms with Crippen LogP contribution in [-0.4, -0.2) is 12.1 Å². The maximum Gasteiger partial charge on any atom is 0.135 e. The van der Waals surface area contributed by atoms with Gasteiger partial charge < -0.3 is 4.79 Å². The van der Waals surface area contributed by atoms with E-state index in [2.05, 4.69) is 0 Å². The number of ketones is 1. The van der Waals surface area contributed by atoms with Gasteiger partial charge in [0.2, 0.25) is 0 Å². The molecule has 0 aliphatic heterocycles. The van der Waals surface area contributed by atoms with Crippen molar-refractivity contribution in [2.75, 3.05) is 0 Å². The maximum absolute atomic E-state index is 11.4. The van der Waals surface area contributed by atoms with Gasteiger partial charge in [0.1, 0.15) is 12.1 Å². The zero-order valence-corrected chi connectivity index (χ0v) is 8.01. The first-order chi connectivity index (χ1) is 5.76. The molecule has 70 valence electrons. The highest BCUT2D eigenvalue weighted by molar-refractivity contribution is 5.81. The Morgan fingerprint density at radius 3 is 2.50 bits per heavy atom. The molecule has 0 heterocycles. The number of carbonyl (C=O) groups is 2. The van der Waals surface area contributed by atoms with Gasteiger partial charge in [0, 0.05) is 18.8 Å². The molecule has 0 amide bonds. The summed E-state index contributed by atoms with van der Waals surface area (Å²) in [5.41, 5.74) is 0. The average molecular weight is 170 g/mol. The third-order valence-electron chi connectivity index (χ3n) is 2.08. The van der Waals surface area contributed by atoms with E-state index >= 15 is 0 Å². The van der Waals surface area contributed by atoms with Crippen molar-refractivity contribution < 1.29 is 9.59 Å². The summed E-state index contributed by atoms with van der Waals surface area (Å²) in [5, 5.41) is 0. The van der Waals surface area contributed by atoms with Crippen LogP contribution in [-0.2, 0) is 9.59 Å². The Morgan fingerprint density at radius 1 is 1.42 bits per heavy atom. The summed E-state index contributed by atoms with van der Waals surface area (Å²) >= 11 is 0. The summed E-state index contributed by atoms with van der Waals surface area (Å²) in [6.45, 7) is 4.01. The first-order valence-corrected chi connectivity index (χ1v) is 4.72. The molecule has 0 radical (unpaired) electrons. The predicted molar refractivity (Wildman–Crippen MR) is 49.0 cm³/mol. The summed E-state index contributed by atoms with van der Waals surface area (Å²) in [6, 6.07) is 0. The quantitative estimate of drug-likeness (QED) is 0.550. The molecule has 2 heteroatoms. The number of Topliss-reactive ketones (excluding diaryl/α,β-unsaturated/α-hetero) is 1. The smallest absolute Gasteiger partial charge is 0.135 e. The predicted octanol–water partition coefficient (Wildman–Crippen LogP) is 2.36. The van der Waals surface area contributed by atoms with Crippen LogP contribution in [0.2, 0.25) is 0 Å². The van der Waals surface area contributed by atoms with Crippen LogP contribution in [0.5, 0.6) is 0 Å². The minimum atomic E-state index is 0.121. The van der Waals surface area contributed by atoms with Crippen molar-refractivity contribution in [3.8, 4) is 0 Å². The maximum atomic E-state index is 11.4. The third-order valence-corrected chi connectivity index (χ3v) is 2.08. The van der Waals surface area contributed by atoms with Crippen LogP contribution in [0.3, 0.4) is 0 Å². The Labute approximate surface area is 74.3 Å². The lowest BCUT2D eigenvalue weighted by molar-refractivity contribution is -0.123. The molecule has 1 atom stereocenters. The van der Waals surface area contributed by atoms with Crippen molar-refractivity contribution in [2.24, 2.45) is 5.92 Å². The molecule has 0 spiro atoms. The molecule has 12 heavy (non-hydrogen) atoms. The van der Waals surface area contributed by atoms with Crippen LogP contribution < -0.4 is 0 Å². The SMILES string of the molecule is CCCC(=O)C(CC)CCC=O. The van der Waals surface area contributed by atoms with Crippen molar-refractivity contribution in [3.63, 3.8) is 0 Å². The first-order valence-electron chi connectivity index (χ1n) is 4.72. The lowest BCUT2D eigenvalue weighted by Crippen LogP contribution is -2.13. The molecular formula is C10H18O2. The van der Waals surface area contributed by atoms with Gasteiger partial charge in [-0.05, 0) is 19.3 Å². The normalized spacial score (nSPS) is 12.5. The Hall–Kier alpha value is -0.660. The van der Waals surface area contributed by atoms with E-state index < -0.39 is 0 Å². The topological polar surface area (TPSA) is 34.1 Å². The van der Waals surface area contributed by atoms with Gasteiger partial charge in [-0.3, -0.25) is 4.79 Å². The van der Waals surface area contributed by atoms with Crippen molar-refractivity contribution in [1.29, 1.82) is 0 Å². The third kappa shape index (κ3) is 4.27. The fourth-order valence-electron chi connectivity index (χ4n) is 1.31. The zero-order valence-electron chi connectivity index (χ0n) is 8.01. The van der Waals surface area contributed by atoms with E-state index in [-0.39, 0.29) is 5.92 Å². The van der Waals surface area contributed by atoms with E-state index in [0.29, 0.717) is 18.6 Å². The molecule has 0 aromatic carbocycles. The van der Waals surface area contributed by atoms with Gasteiger partial charge in [-0.25, -0.2) is 0 Å². The van der Waals surface area contributed by atoms with Gasteiger partial charge in [0.25, 0.3) is 0 Å². The fraction of sp³-hybridized carbons (Fsp3) is 0.800. The van der Waals surface area contributed by atoms with E-state index in [1.165, 1.54) is 0 Å². The lowest BCUT2D eigenvalue weighted by atomic mass is 9.93. The number of hydrogen-bond acceptors (Lipinski definition) is 2. The second-order valence-corrected chi connectivity index (χ2v) is 3.07. The summed E-state index contributed by atoms with van der Waals surface area (Å²) < 4.78 is 0. The van der Waals surface area contributed by atoms with Gasteiger partial charge in [-0.15, -0.1) is 0 Å². The Balaban J connectivity index is 3.78. The highest BCUT2D eigenvalue weighted by Gasteiger charge is 2.14. The van der Waals surface area contributed by atoms with E-state index in [1.54, 1.807) is 0 Å². The van der Waals surface area contributed by atoms with Gasteiger partial charge in [-0.1, -0.05) is 13.8 Å². The van der Waals surface area contributed by atoms with Crippen LogP contribution in [0.4, 0.5) is 0 Å². The molecule has 0 N–H and O–H groups in total. The highest BCUT2D eigenvalue weighted by Crippen LogP contribution is 2.13. The molecule has 0 bridgehead atoms. The Morgan fingerprint density at radius 2 is 2.08 bits per heavy atom. The average Bonchev–Trinajstić information content (AvgIpc) is 2.06. The molecule has 0 rings (SSSR count). The molecule has 0 aromatic rings. The van der Waals surface area contributed by atoms with Crippen LogP contribution in [0.15, 0.2) is 0 Å². The van der Waals surface area contributed by atoms with Crippen LogP contribution in [0.1, 0.15) is 46.0 Å². The van der Waals surface area contributed by atoms with Gasteiger partial charge in [0.05, 0.1) is 0 Å². The van der Waals surface area contributed by atoms with Crippen LogP contribution >= 0.6 is 0 Å². The first kappa shape index (κ1) is 11.3. The second-order valence-electron chi connectivity index (χ2n) is 3.07. The zero-order chi connectivity index (χ0) is 9.40. The lowest BCUT2D eigenvalue weighted by Gasteiger charge is -2.10. The largest absolute Gasteiger partial charge is 0.303 e. The summed E-state index contributed by atoms with van der Waals surface area (Å²) in [5.74, 6) is 0.442. The number of rotatable bonds is 7. The Bertz CT molecular complexity index is 141. The van der Waals surface area contributed by atoms with Crippen molar-refractivity contribution in [2.45, 2.75) is 46.0 Å². The van der Waals surface area contributed by atoms with Gasteiger partial charge in [-0.2, -0.15) is 0 Å². The summed E-state index contributed by atoms with van der Waals surface area (Å²) in [4.78, 5) is 21.5. The summed E-state index contributed by atoms with van der Waals surface area (Å²) in [7, 11) is 0. The number of hydrogen-bond donors (Lipinski definition) is 0. The fourth-order valence-corrected chi connectivity index (χ4v) is 1.31. The minimum absolute atomic E-state index is 0.121. The highest BCUT2D eigenvalue weighted by atomic mass is 16.1. The minimum Gasteiger partial charge on any atom is -0.303 e. The molecule has 0 aromatic heterocycles. The molecule has 2 nitrogen and oxygen atoms in total. The van der Waals surface area contributed by atoms with Crippen LogP contribution in [0, 0.1) is 5.92 Å². The molecule has 0 aliphatic rings. The van der Waals surface area contributed by atoms with E-state index in [9.17, 15) is 9.59 Å². The molecular weight excluding hydrogens is 152 g/mol.